The van der Waals surface area contributed by atoms with E-state index in [9.17, 15) is 24.5 Å². The van der Waals surface area contributed by atoms with E-state index < -0.39 is 28.9 Å². The molecule has 0 radical (unpaired) electrons. The van der Waals surface area contributed by atoms with Gasteiger partial charge < -0.3 is 15.0 Å². The highest BCUT2D eigenvalue weighted by Crippen LogP contribution is 2.24. The summed E-state index contributed by atoms with van der Waals surface area (Å²) in [5.74, 6) is -1.49. The normalized spacial score (nSPS) is 16.9. The number of esters is 1. The van der Waals surface area contributed by atoms with Crippen LogP contribution in [0.5, 0.6) is 0 Å². The van der Waals surface area contributed by atoms with E-state index in [0.29, 0.717) is 24.3 Å². The van der Waals surface area contributed by atoms with Crippen molar-refractivity contribution in [1.29, 1.82) is 0 Å². The summed E-state index contributed by atoms with van der Waals surface area (Å²) in [7, 11) is 0. The van der Waals surface area contributed by atoms with Gasteiger partial charge in [-0.05, 0) is 37.3 Å². The molecule has 1 saturated heterocycles. The van der Waals surface area contributed by atoms with Gasteiger partial charge >= 0.3 is 5.97 Å². The molecule has 0 spiro atoms. The quantitative estimate of drug-likeness (QED) is 0.439. The summed E-state index contributed by atoms with van der Waals surface area (Å²) in [5, 5.41) is 15.1. The Hall–Kier alpha value is -3.27. The molecule has 9 nitrogen and oxygen atoms in total. The maximum atomic E-state index is 12.6. The van der Waals surface area contributed by atoms with Crippen LogP contribution in [0.1, 0.15) is 29.4 Å². The number of nitrogens with one attached hydrogen (secondary N) is 1. The average molecular weight is 417 g/mol. The van der Waals surface area contributed by atoms with Gasteiger partial charge in [-0.15, -0.1) is 11.3 Å². The summed E-state index contributed by atoms with van der Waals surface area (Å²) in [5.41, 5.74) is 0.0589. The molecule has 10 heteroatoms. The Labute approximate surface area is 170 Å². The summed E-state index contributed by atoms with van der Waals surface area (Å²) >= 11 is 1.30. The predicted octanol–water partition coefficient (Wildman–Crippen LogP) is 2.83. The van der Waals surface area contributed by atoms with Crippen LogP contribution in [0.4, 0.5) is 11.4 Å². The molecule has 1 aliphatic rings. The second-order valence-electron chi connectivity index (χ2n) is 6.51. The number of carbonyl (C=O) groups excluding carboxylic acids is 3. The number of likely N-dealkylation sites (tertiary alicyclic amines) is 1. The van der Waals surface area contributed by atoms with Crippen molar-refractivity contribution in [2.75, 3.05) is 11.9 Å². The van der Waals surface area contributed by atoms with E-state index in [1.165, 1.54) is 47.4 Å². The van der Waals surface area contributed by atoms with Crippen LogP contribution in [0.25, 0.3) is 0 Å². The molecule has 2 atom stereocenters. The van der Waals surface area contributed by atoms with Gasteiger partial charge in [0.05, 0.1) is 9.80 Å². The smallest absolute Gasteiger partial charge is 0.329 e. The Morgan fingerprint density at radius 3 is 2.79 bits per heavy atom. The van der Waals surface area contributed by atoms with Gasteiger partial charge in [-0.1, -0.05) is 12.1 Å². The standard InChI is InChI=1S/C19H19N3O6S/c1-12(17(23)20-13-5-2-6-14(11-13)22(26)27)28-19(25)15-7-3-9-21(15)18(24)16-8-4-10-29-16/h2,4-6,8,10-12,15H,3,7,9H2,1H3,(H,20,23)/t12-,15+/m0/s1. The maximum Gasteiger partial charge on any atom is 0.329 e. The molecule has 2 aromatic rings. The van der Waals surface area contributed by atoms with Crippen LogP contribution in [-0.4, -0.2) is 46.3 Å². The Morgan fingerprint density at radius 1 is 1.31 bits per heavy atom. The molecule has 152 valence electrons. The van der Waals surface area contributed by atoms with Crippen LogP contribution in [0.3, 0.4) is 0 Å². The topological polar surface area (TPSA) is 119 Å². The summed E-state index contributed by atoms with van der Waals surface area (Å²) < 4.78 is 5.27. The van der Waals surface area contributed by atoms with Gasteiger partial charge in [-0.2, -0.15) is 0 Å². The van der Waals surface area contributed by atoms with E-state index in [1.807, 2.05) is 0 Å². The van der Waals surface area contributed by atoms with Crippen molar-refractivity contribution < 1.29 is 24.0 Å². The van der Waals surface area contributed by atoms with Crippen molar-refractivity contribution in [3.8, 4) is 0 Å². The van der Waals surface area contributed by atoms with E-state index >= 15 is 0 Å². The van der Waals surface area contributed by atoms with E-state index in [-0.39, 0.29) is 17.3 Å². The molecule has 1 aliphatic heterocycles. The highest BCUT2D eigenvalue weighted by atomic mass is 32.1. The van der Waals surface area contributed by atoms with Crippen LogP contribution in [0.15, 0.2) is 41.8 Å². The van der Waals surface area contributed by atoms with Gasteiger partial charge in [0.2, 0.25) is 0 Å². The van der Waals surface area contributed by atoms with Crippen LogP contribution >= 0.6 is 11.3 Å². The molecule has 1 aromatic carbocycles. The number of hydrogen-bond donors (Lipinski definition) is 1. The molecule has 1 aromatic heterocycles. The SMILES string of the molecule is C[C@H](OC(=O)[C@H]1CCCN1C(=O)c1cccs1)C(=O)Nc1cccc([N+](=O)[O-])c1. The van der Waals surface area contributed by atoms with Gasteiger partial charge in [0.15, 0.2) is 6.10 Å². The van der Waals surface area contributed by atoms with Gasteiger partial charge in [0, 0.05) is 24.4 Å². The number of hydrogen-bond acceptors (Lipinski definition) is 7. The third-order valence-corrected chi connectivity index (χ3v) is 5.36. The Bertz CT molecular complexity index is 930. The van der Waals surface area contributed by atoms with E-state index in [1.54, 1.807) is 17.5 Å². The number of nitrogens with zero attached hydrogens (tertiary/aromatic N) is 2. The molecule has 2 heterocycles. The minimum atomic E-state index is -1.12. The predicted molar refractivity (Wildman–Crippen MR) is 106 cm³/mol. The van der Waals surface area contributed by atoms with Crippen molar-refractivity contribution in [2.24, 2.45) is 0 Å². The first-order valence-corrected chi connectivity index (χ1v) is 9.85. The Kier molecular flexibility index (Phi) is 6.23. The third-order valence-electron chi connectivity index (χ3n) is 4.50. The van der Waals surface area contributed by atoms with E-state index in [4.69, 9.17) is 4.74 Å². The first-order valence-electron chi connectivity index (χ1n) is 8.97. The Morgan fingerprint density at radius 2 is 2.10 bits per heavy atom. The number of nitro groups is 1. The van der Waals surface area contributed by atoms with Crippen molar-refractivity contribution in [1.82, 2.24) is 4.90 Å². The van der Waals surface area contributed by atoms with Crippen molar-refractivity contribution in [2.45, 2.75) is 31.9 Å². The van der Waals surface area contributed by atoms with Crippen molar-refractivity contribution in [3.05, 3.63) is 56.8 Å². The van der Waals surface area contributed by atoms with E-state index in [2.05, 4.69) is 5.32 Å². The van der Waals surface area contributed by atoms with Crippen LogP contribution in [-0.2, 0) is 14.3 Å². The minimum absolute atomic E-state index is 0.166. The van der Waals surface area contributed by atoms with Gasteiger partial charge in [-0.25, -0.2) is 4.79 Å². The molecule has 0 bridgehead atoms. The highest BCUT2D eigenvalue weighted by molar-refractivity contribution is 7.12. The zero-order chi connectivity index (χ0) is 21.0. The molecule has 1 fully saturated rings. The molecule has 3 rings (SSSR count). The second kappa shape index (κ2) is 8.82. The van der Waals surface area contributed by atoms with Crippen molar-refractivity contribution >= 4 is 40.5 Å². The number of ether oxygens (including phenoxy) is 1. The number of non-ortho nitro benzene ring substituents is 1. The number of thiophene rings is 1. The zero-order valence-corrected chi connectivity index (χ0v) is 16.4. The molecule has 0 aliphatic carbocycles. The average Bonchev–Trinajstić information content (AvgIpc) is 3.39. The van der Waals surface area contributed by atoms with Gasteiger partial charge in [-0.3, -0.25) is 19.7 Å². The zero-order valence-electron chi connectivity index (χ0n) is 15.6. The number of benzene rings is 1. The third kappa shape index (κ3) is 4.77. The minimum Gasteiger partial charge on any atom is -0.451 e. The lowest BCUT2D eigenvalue weighted by atomic mass is 10.2. The highest BCUT2D eigenvalue weighted by Gasteiger charge is 2.37. The number of carbonyl (C=O) groups is 3. The molecular formula is C19H19N3O6S. The summed E-state index contributed by atoms with van der Waals surface area (Å²) in [4.78, 5) is 49.7. The number of nitro benzene ring substituents is 1. The Balaban J connectivity index is 1.60. The molecular weight excluding hydrogens is 398 g/mol. The lowest BCUT2D eigenvalue weighted by Gasteiger charge is -2.24. The molecule has 0 unspecified atom stereocenters. The first-order chi connectivity index (χ1) is 13.9. The summed E-state index contributed by atoms with van der Waals surface area (Å²) in [6.45, 7) is 1.86. The number of rotatable bonds is 6. The molecule has 2 amide bonds. The number of anilines is 1. The lowest BCUT2D eigenvalue weighted by molar-refractivity contribution is -0.384. The fourth-order valence-corrected chi connectivity index (χ4v) is 3.72. The fourth-order valence-electron chi connectivity index (χ4n) is 3.04. The van der Waals surface area contributed by atoms with Crippen molar-refractivity contribution in [3.63, 3.8) is 0 Å². The van der Waals surface area contributed by atoms with Crippen LogP contribution in [0, 0.1) is 10.1 Å². The van der Waals surface area contributed by atoms with Crippen LogP contribution < -0.4 is 5.32 Å². The maximum absolute atomic E-state index is 12.6. The summed E-state index contributed by atoms with van der Waals surface area (Å²) in [6.07, 6.45) is 0.0152. The lowest BCUT2D eigenvalue weighted by Crippen LogP contribution is -2.43. The summed E-state index contributed by atoms with van der Waals surface area (Å²) in [6, 6.07) is 8.18. The van der Waals surface area contributed by atoms with Gasteiger partial charge in [0.1, 0.15) is 6.04 Å². The molecule has 29 heavy (non-hydrogen) atoms. The monoisotopic (exact) mass is 417 g/mol. The van der Waals surface area contributed by atoms with E-state index in [0.717, 1.165) is 0 Å². The second-order valence-corrected chi connectivity index (χ2v) is 7.46. The van der Waals surface area contributed by atoms with Crippen LogP contribution in [0.2, 0.25) is 0 Å². The molecule has 1 N–H and O–H groups in total. The van der Waals surface area contributed by atoms with Gasteiger partial charge in [0.25, 0.3) is 17.5 Å². The number of amides is 2. The first kappa shape index (κ1) is 20.5. The molecule has 0 saturated carbocycles. The fraction of sp³-hybridized carbons (Fsp3) is 0.316. The largest absolute Gasteiger partial charge is 0.451 e.